The van der Waals surface area contributed by atoms with E-state index in [1.807, 2.05) is 58.5 Å². The Hall–Kier alpha value is -2.47. The van der Waals surface area contributed by atoms with Crippen LogP contribution < -0.4 is 14.2 Å². The molecule has 2 aliphatic heterocycles. The SMILES string of the molecule is CCCCCCCCCCCCC1(CCCCCCCCCCCC)Oc2cc(C=O)sc2-c2sc(-c3cc4sc(-c5cc6c(s5)-c5sc(OC)cc5OC6(CCCCCCCCCCCC)CCCCCCCCCCCC)cc4s3)cc21. The zero-order chi connectivity index (χ0) is 58.7. The molecule has 6 aromatic rings. The lowest BCUT2D eigenvalue weighted by Gasteiger charge is -2.38. The van der Waals surface area contributed by atoms with Crippen LogP contribution in [-0.4, -0.2) is 13.4 Å². The Morgan fingerprint density at radius 2 is 0.643 bits per heavy atom. The van der Waals surface area contributed by atoms with Gasteiger partial charge in [0.1, 0.15) is 22.7 Å². The molecule has 0 aromatic carbocycles. The first-order chi connectivity index (χ1) is 41.4. The highest BCUT2D eigenvalue weighted by Crippen LogP contribution is 2.61. The molecule has 10 heteroatoms. The Morgan fingerprint density at radius 3 is 0.964 bits per heavy atom. The summed E-state index contributed by atoms with van der Waals surface area (Å²) in [4.78, 5) is 23.8. The standard InChI is InChI=1S/C74H110O4S6/c1-6-10-14-18-22-26-30-34-38-42-46-73(47-43-39-35-31-27-23-19-15-11-7-2)58-51-62(82-69(58)71-60(77-73)50-57(56-75)79-71)64-54-66-67(80-64)55-65(81-66)63-52-59-70(83-63)72-61(53-68(76-5)84-72)78-74(59,48-44-40-36-32-28-24-20-16-12-8-3)49-45-41-37-33-29-25-21-17-13-9-4/h50-56H,6-49H2,1-5H3. The third-order valence-corrected chi connectivity index (χ3v) is 26.0. The second-order valence-corrected chi connectivity index (χ2v) is 31.9. The van der Waals surface area contributed by atoms with Crippen molar-refractivity contribution in [3.63, 3.8) is 0 Å². The Balaban J connectivity index is 1.02. The number of hydrogen-bond acceptors (Lipinski definition) is 10. The summed E-state index contributed by atoms with van der Waals surface area (Å²) in [6, 6.07) is 14.3. The van der Waals surface area contributed by atoms with Crippen molar-refractivity contribution in [2.75, 3.05) is 7.11 Å². The van der Waals surface area contributed by atoms with Gasteiger partial charge in [-0.25, -0.2) is 0 Å². The minimum absolute atomic E-state index is 0.321. The summed E-state index contributed by atoms with van der Waals surface area (Å²) < 4.78 is 23.5. The van der Waals surface area contributed by atoms with Gasteiger partial charge in [0.15, 0.2) is 11.3 Å². The molecule has 8 heterocycles. The number of carbonyl (C=O) groups excluding carboxylic acids is 1. The number of ether oxygens (including phenoxy) is 3. The number of hydrogen-bond donors (Lipinski definition) is 0. The van der Waals surface area contributed by atoms with E-state index in [4.69, 9.17) is 14.2 Å². The molecule has 0 N–H and O–H groups in total. The van der Waals surface area contributed by atoms with Crippen molar-refractivity contribution >= 4 is 83.7 Å². The molecule has 466 valence electrons. The summed E-state index contributed by atoms with van der Waals surface area (Å²) in [5.41, 5.74) is 2.12. The molecule has 0 radical (unpaired) electrons. The van der Waals surface area contributed by atoms with Crippen LogP contribution in [0.2, 0.25) is 0 Å². The lowest BCUT2D eigenvalue weighted by molar-refractivity contribution is 0.0394. The van der Waals surface area contributed by atoms with E-state index in [1.165, 1.54) is 311 Å². The van der Waals surface area contributed by atoms with Gasteiger partial charge in [-0.3, -0.25) is 4.79 Å². The fraction of sp³-hybridized carbons (Fsp3) is 0.689. The third-order valence-electron chi connectivity index (χ3n) is 18.6. The van der Waals surface area contributed by atoms with Crippen molar-refractivity contribution in [1.29, 1.82) is 0 Å². The summed E-state index contributed by atoms with van der Waals surface area (Å²) >= 11 is 11.2. The fourth-order valence-electron chi connectivity index (χ4n) is 13.6. The molecule has 0 fully saturated rings. The molecule has 4 nitrogen and oxygen atoms in total. The largest absolute Gasteiger partial charge is 0.487 e. The molecule has 6 aromatic heterocycles. The Morgan fingerprint density at radius 1 is 0.345 bits per heavy atom. The zero-order valence-corrected chi connectivity index (χ0v) is 58.1. The molecule has 2 aliphatic rings. The van der Waals surface area contributed by atoms with Crippen molar-refractivity contribution in [3.05, 3.63) is 52.4 Å². The second kappa shape index (κ2) is 36.9. The molecule has 0 unspecified atom stereocenters. The Kier molecular flexibility index (Phi) is 29.6. The highest BCUT2D eigenvalue weighted by atomic mass is 32.1. The van der Waals surface area contributed by atoms with Gasteiger partial charge in [0, 0.05) is 52.2 Å². The second-order valence-electron chi connectivity index (χ2n) is 25.5. The number of rotatable bonds is 48. The number of thiophene rings is 6. The van der Waals surface area contributed by atoms with E-state index in [0.29, 0.717) is 0 Å². The van der Waals surface area contributed by atoms with Crippen LogP contribution in [0.1, 0.15) is 331 Å². The molecule has 0 saturated heterocycles. The van der Waals surface area contributed by atoms with Crippen molar-refractivity contribution in [2.24, 2.45) is 0 Å². The predicted molar refractivity (Wildman–Crippen MR) is 375 cm³/mol. The first-order valence-electron chi connectivity index (χ1n) is 34.9. The average molecular weight is 1260 g/mol. The molecule has 8 rings (SSSR count). The lowest BCUT2D eigenvalue weighted by Crippen LogP contribution is -2.35. The van der Waals surface area contributed by atoms with Crippen LogP contribution in [0.5, 0.6) is 16.6 Å². The van der Waals surface area contributed by atoms with E-state index < -0.39 is 0 Å². The highest BCUT2D eigenvalue weighted by molar-refractivity contribution is 7.34. The van der Waals surface area contributed by atoms with E-state index in [2.05, 4.69) is 58.0 Å². The predicted octanol–water partition coefficient (Wildman–Crippen LogP) is 28.1. The van der Waals surface area contributed by atoms with Crippen LogP contribution in [0.25, 0.3) is 48.4 Å². The zero-order valence-electron chi connectivity index (χ0n) is 53.2. The quantitative estimate of drug-likeness (QED) is 0.0282. The van der Waals surface area contributed by atoms with E-state index in [-0.39, 0.29) is 11.2 Å². The van der Waals surface area contributed by atoms with Gasteiger partial charge < -0.3 is 14.2 Å². The van der Waals surface area contributed by atoms with Crippen LogP contribution >= 0.6 is 68.0 Å². The molecule has 0 bridgehead atoms. The number of aldehydes is 1. The van der Waals surface area contributed by atoms with E-state index in [0.717, 1.165) is 58.3 Å². The topological polar surface area (TPSA) is 44.8 Å². The van der Waals surface area contributed by atoms with E-state index in [9.17, 15) is 4.79 Å². The number of unbranched alkanes of at least 4 members (excludes halogenated alkanes) is 36. The third kappa shape index (κ3) is 19.3. The van der Waals surface area contributed by atoms with Crippen LogP contribution in [-0.2, 0) is 11.2 Å². The van der Waals surface area contributed by atoms with Gasteiger partial charge in [-0.15, -0.1) is 56.7 Å². The van der Waals surface area contributed by atoms with Gasteiger partial charge in [0.05, 0.1) is 31.5 Å². The number of carbonyl (C=O) groups is 1. The number of fused-ring (bicyclic) bond motifs is 7. The maximum atomic E-state index is 12.4. The van der Waals surface area contributed by atoms with Crippen LogP contribution in [0, 0.1) is 0 Å². The van der Waals surface area contributed by atoms with Crippen molar-refractivity contribution < 1.29 is 19.0 Å². The molecule has 0 amide bonds. The smallest absolute Gasteiger partial charge is 0.177 e. The molecular formula is C74H110O4S6. The maximum Gasteiger partial charge on any atom is 0.177 e. The van der Waals surface area contributed by atoms with Gasteiger partial charge in [-0.1, -0.05) is 270 Å². The summed E-state index contributed by atoms with van der Waals surface area (Å²) in [7, 11) is 1.81. The Labute approximate surface area is 535 Å². The van der Waals surface area contributed by atoms with Crippen molar-refractivity contribution in [3.8, 4) is 55.6 Å². The molecular weight excluding hydrogens is 1150 g/mol. The summed E-state index contributed by atoms with van der Waals surface area (Å²) in [6.07, 6.45) is 58.7. The van der Waals surface area contributed by atoms with Gasteiger partial charge in [-0.05, 0) is 75.6 Å². The summed E-state index contributed by atoms with van der Waals surface area (Å²) in [5.74, 6) is 1.97. The molecule has 0 atom stereocenters. The normalized spacial score (nSPS) is 13.9. The van der Waals surface area contributed by atoms with Crippen molar-refractivity contribution in [2.45, 2.75) is 321 Å². The molecule has 0 spiro atoms. The first-order valence-corrected chi connectivity index (χ1v) is 39.8. The van der Waals surface area contributed by atoms with Gasteiger partial charge >= 0.3 is 0 Å². The van der Waals surface area contributed by atoms with Crippen LogP contribution in [0.15, 0.2) is 36.4 Å². The summed E-state index contributed by atoms with van der Waals surface area (Å²) in [6.45, 7) is 9.25. The van der Waals surface area contributed by atoms with Crippen LogP contribution in [0.3, 0.4) is 0 Å². The van der Waals surface area contributed by atoms with E-state index >= 15 is 0 Å². The van der Waals surface area contributed by atoms with E-state index in [1.54, 1.807) is 22.7 Å². The van der Waals surface area contributed by atoms with Gasteiger partial charge in [0.25, 0.3) is 0 Å². The molecule has 0 saturated carbocycles. The average Bonchev–Trinajstić information content (AvgIpc) is 1.95. The monoisotopic (exact) mass is 1250 g/mol. The minimum Gasteiger partial charge on any atom is -0.487 e. The van der Waals surface area contributed by atoms with Gasteiger partial charge in [0.2, 0.25) is 0 Å². The molecule has 0 aliphatic carbocycles. The van der Waals surface area contributed by atoms with Gasteiger partial charge in [-0.2, -0.15) is 0 Å². The van der Waals surface area contributed by atoms with Crippen LogP contribution in [0.4, 0.5) is 0 Å². The van der Waals surface area contributed by atoms with Crippen molar-refractivity contribution in [1.82, 2.24) is 0 Å². The fourth-order valence-corrected chi connectivity index (χ4v) is 20.7. The lowest BCUT2D eigenvalue weighted by atomic mass is 9.81. The minimum atomic E-state index is -0.370. The highest BCUT2D eigenvalue weighted by Gasteiger charge is 2.45. The Bertz CT molecular complexity index is 2700. The maximum absolute atomic E-state index is 12.4. The number of methoxy groups -OCH3 is 1. The first kappa shape index (κ1) is 67.5. The summed E-state index contributed by atoms with van der Waals surface area (Å²) in [5, 5.41) is 0.940. The molecule has 84 heavy (non-hydrogen) atoms.